The number of thiophene rings is 1. The normalized spacial score (nSPS) is 11.9. The van der Waals surface area contributed by atoms with E-state index in [2.05, 4.69) is 31.9 Å². The molecule has 3 nitrogen and oxygen atoms in total. The number of nitriles is 1. The van der Waals surface area contributed by atoms with Crippen molar-refractivity contribution < 1.29 is 9.53 Å². The van der Waals surface area contributed by atoms with Gasteiger partial charge in [-0.05, 0) is 44.8 Å². The first-order chi connectivity index (χ1) is 6.54. The van der Waals surface area contributed by atoms with Crippen molar-refractivity contribution in [1.82, 2.24) is 0 Å². The van der Waals surface area contributed by atoms with E-state index in [0.29, 0.717) is 4.88 Å². The van der Waals surface area contributed by atoms with Crippen LogP contribution in [0.5, 0.6) is 0 Å². The van der Waals surface area contributed by atoms with E-state index in [1.54, 1.807) is 6.07 Å². The molecule has 1 aromatic heterocycles. The Morgan fingerprint density at radius 3 is 2.79 bits per heavy atom. The number of carbonyl (C=O) groups excluding carboxylic acids is 1. The molecule has 0 radical (unpaired) electrons. The van der Waals surface area contributed by atoms with Gasteiger partial charge in [0.15, 0.2) is 6.10 Å². The first-order valence-corrected chi connectivity index (χ1v) is 6.00. The Kier molecular flexibility index (Phi) is 4.11. The summed E-state index contributed by atoms with van der Waals surface area (Å²) in [5, 5.41) is 8.45. The van der Waals surface area contributed by atoms with Gasteiger partial charge in [0.1, 0.15) is 10.9 Å². The van der Waals surface area contributed by atoms with E-state index >= 15 is 0 Å². The second kappa shape index (κ2) is 4.91. The Labute approximate surface area is 102 Å². The van der Waals surface area contributed by atoms with Gasteiger partial charge in [-0.25, -0.2) is 4.79 Å². The molecule has 0 aliphatic heterocycles. The van der Waals surface area contributed by atoms with Crippen molar-refractivity contribution >= 4 is 49.2 Å². The summed E-state index contributed by atoms with van der Waals surface area (Å²) in [6, 6.07) is 3.48. The Morgan fingerprint density at radius 2 is 2.36 bits per heavy atom. The zero-order valence-electron chi connectivity index (χ0n) is 7.08. The fourth-order valence-electron chi connectivity index (χ4n) is 0.692. The average molecular weight is 339 g/mol. The van der Waals surface area contributed by atoms with Gasteiger partial charge < -0.3 is 4.74 Å². The molecule has 0 saturated carbocycles. The maximum atomic E-state index is 11.4. The minimum Gasteiger partial charge on any atom is -0.443 e. The Morgan fingerprint density at radius 1 is 1.71 bits per heavy atom. The lowest BCUT2D eigenvalue weighted by Crippen LogP contribution is -2.11. The molecule has 1 rings (SSSR count). The Bertz CT molecular complexity index is 377. The molecule has 1 aromatic rings. The van der Waals surface area contributed by atoms with Crippen LogP contribution in [-0.2, 0) is 4.74 Å². The fourth-order valence-corrected chi connectivity index (χ4v) is 2.61. The number of esters is 1. The van der Waals surface area contributed by atoms with Crippen LogP contribution in [0.3, 0.4) is 0 Å². The summed E-state index contributed by atoms with van der Waals surface area (Å²) in [4.78, 5) is 11.8. The molecule has 0 fully saturated rings. The molecule has 0 N–H and O–H groups in total. The van der Waals surface area contributed by atoms with Crippen molar-refractivity contribution in [3.8, 4) is 6.07 Å². The summed E-state index contributed by atoms with van der Waals surface area (Å²) in [7, 11) is 0. The number of ether oxygens (including phenoxy) is 1. The molecule has 6 heteroatoms. The van der Waals surface area contributed by atoms with Crippen LogP contribution in [0.15, 0.2) is 14.3 Å². The van der Waals surface area contributed by atoms with Crippen LogP contribution >= 0.6 is 43.2 Å². The first-order valence-electron chi connectivity index (χ1n) is 3.60. The molecule has 1 heterocycles. The molecule has 14 heavy (non-hydrogen) atoms. The van der Waals surface area contributed by atoms with Gasteiger partial charge in [0.2, 0.25) is 0 Å². The fraction of sp³-hybridized carbons (Fsp3) is 0.250. The molecular formula is C8H5Br2NO2S. The van der Waals surface area contributed by atoms with Crippen molar-refractivity contribution in [2.75, 3.05) is 0 Å². The number of hydrogen-bond acceptors (Lipinski definition) is 4. The molecule has 1 atom stereocenters. The maximum Gasteiger partial charge on any atom is 0.349 e. The van der Waals surface area contributed by atoms with Crippen LogP contribution in [0, 0.1) is 11.3 Å². The van der Waals surface area contributed by atoms with E-state index in [9.17, 15) is 4.79 Å². The maximum absolute atomic E-state index is 11.4. The highest BCUT2D eigenvalue weighted by Gasteiger charge is 2.15. The van der Waals surface area contributed by atoms with Crippen LogP contribution in [0.25, 0.3) is 0 Å². The van der Waals surface area contributed by atoms with Gasteiger partial charge in [-0.1, -0.05) is 0 Å². The highest BCUT2D eigenvalue weighted by atomic mass is 79.9. The average Bonchev–Trinajstić information content (AvgIpc) is 2.47. The van der Waals surface area contributed by atoms with Crippen molar-refractivity contribution in [2.24, 2.45) is 0 Å². The molecule has 0 bridgehead atoms. The predicted molar refractivity (Wildman–Crippen MR) is 60.2 cm³/mol. The third kappa shape index (κ3) is 2.80. The highest BCUT2D eigenvalue weighted by Crippen LogP contribution is 2.32. The predicted octanol–water partition coefficient (Wildman–Crippen LogP) is 3.34. The monoisotopic (exact) mass is 337 g/mol. The molecular weight excluding hydrogens is 334 g/mol. The van der Waals surface area contributed by atoms with Crippen molar-refractivity contribution in [1.29, 1.82) is 5.26 Å². The van der Waals surface area contributed by atoms with E-state index in [1.165, 1.54) is 18.3 Å². The van der Waals surface area contributed by atoms with Crippen molar-refractivity contribution in [3.63, 3.8) is 0 Å². The topological polar surface area (TPSA) is 50.1 Å². The minimum absolute atomic E-state index is 0.464. The zero-order chi connectivity index (χ0) is 10.7. The third-order valence-electron chi connectivity index (χ3n) is 1.31. The van der Waals surface area contributed by atoms with Crippen molar-refractivity contribution in [2.45, 2.75) is 13.0 Å². The van der Waals surface area contributed by atoms with E-state index in [1.807, 2.05) is 6.07 Å². The minimum atomic E-state index is -0.720. The van der Waals surface area contributed by atoms with Crippen LogP contribution in [0.2, 0.25) is 0 Å². The van der Waals surface area contributed by atoms with E-state index in [-0.39, 0.29) is 0 Å². The lowest BCUT2D eigenvalue weighted by atomic mass is 10.4. The zero-order valence-corrected chi connectivity index (χ0v) is 11.1. The van der Waals surface area contributed by atoms with Crippen LogP contribution in [0.1, 0.15) is 16.6 Å². The summed E-state index contributed by atoms with van der Waals surface area (Å²) < 4.78 is 6.46. The number of hydrogen-bond donors (Lipinski definition) is 0. The highest BCUT2D eigenvalue weighted by molar-refractivity contribution is 9.13. The summed E-state index contributed by atoms with van der Waals surface area (Å²) in [5.41, 5.74) is 0. The van der Waals surface area contributed by atoms with E-state index in [0.717, 1.165) is 8.26 Å². The Hall–Kier alpha value is -0.380. The molecule has 0 unspecified atom stereocenters. The van der Waals surface area contributed by atoms with Gasteiger partial charge in [-0.2, -0.15) is 5.26 Å². The molecule has 0 saturated heterocycles. The largest absolute Gasteiger partial charge is 0.443 e. The molecule has 0 aromatic carbocycles. The first kappa shape index (κ1) is 11.7. The van der Waals surface area contributed by atoms with Gasteiger partial charge in [0, 0.05) is 4.47 Å². The quantitative estimate of drug-likeness (QED) is 0.777. The smallest absolute Gasteiger partial charge is 0.349 e. The van der Waals surface area contributed by atoms with Crippen LogP contribution < -0.4 is 0 Å². The van der Waals surface area contributed by atoms with Gasteiger partial charge in [0.25, 0.3) is 0 Å². The molecule has 0 aliphatic carbocycles. The van der Waals surface area contributed by atoms with E-state index in [4.69, 9.17) is 10.00 Å². The van der Waals surface area contributed by atoms with Gasteiger partial charge in [0.05, 0.1) is 3.79 Å². The number of rotatable bonds is 2. The summed E-state index contributed by atoms with van der Waals surface area (Å²) in [6.07, 6.45) is -0.720. The number of nitrogens with zero attached hydrogens (tertiary/aromatic N) is 1. The van der Waals surface area contributed by atoms with E-state index < -0.39 is 12.1 Å². The third-order valence-corrected chi connectivity index (χ3v) is 4.55. The van der Waals surface area contributed by atoms with Gasteiger partial charge in [-0.3, -0.25) is 0 Å². The summed E-state index contributed by atoms with van der Waals surface area (Å²) in [6.45, 7) is 1.52. The van der Waals surface area contributed by atoms with Crippen LogP contribution in [-0.4, -0.2) is 12.1 Å². The summed E-state index contributed by atoms with van der Waals surface area (Å²) >= 11 is 7.79. The van der Waals surface area contributed by atoms with Crippen molar-refractivity contribution in [3.05, 3.63) is 19.2 Å². The van der Waals surface area contributed by atoms with Gasteiger partial charge >= 0.3 is 5.97 Å². The second-order valence-corrected chi connectivity index (χ2v) is 5.63. The Balaban J connectivity index is 2.76. The molecule has 0 amide bonds. The van der Waals surface area contributed by atoms with Gasteiger partial charge in [-0.15, -0.1) is 11.3 Å². The molecule has 74 valence electrons. The number of halogens is 2. The molecule has 0 aliphatic rings. The number of carbonyl (C=O) groups is 1. The lowest BCUT2D eigenvalue weighted by Gasteiger charge is -2.02. The standard InChI is InChI=1S/C8H5Br2NO2S/c1-4(3-11)13-8(12)6-2-5(9)7(10)14-6/h2,4H,1H3/t4-/m0/s1. The lowest BCUT2D eigenvalue weighted by molar-refractivity contribution is 0.0441. The second-order valence-electron chi connectivity index (χ2n) is 2.41. The summed E-state index contributed by atoms with van der Waals surface area (Å²) in [5.74, 6) is -0.476. The SMILES string of the molecule is C[C@@H](C#N)OC(=O)c1cc(Br)c(Br)s1. The van der Waals surface area contributed by atoms with Crippen LogP contribution in [0.4, 0.5) is 0 Å². The molecule has 0 spiro atoms.